The summed E-state index contributed by atoms with van der Waals surface area (Å²) in [4.78, 5) is 4.72. The van der Waals surface area contributed by atoms with E-state index in [1.807, 2.05) is 25.1 Å². The van der Waals surface area contributed by atoms with E-state index < -0.39 is 0 Å². The quantitative estimate of drug-likeness (QED) is 0.593. The molecule has 0 aliphatic heterocycles. The van der Waals surface area contributed by atoms with Crippen molar-refractivity contribution in [3.8, 4) is 11.1 Å². The van der Waals surface area contributed by atoms with Gasteiger partial charge in [0.25, 0.3) is 0 Å². The van der Waals surface area contributed by atoms with Crippen molar-refractivity contribution in [2.45, 2.75) is 6.92 Å². The SMILES string of the molecule is CO/N=C/c1c(C)cccc1-c1ccc(F)cc1. The normalized spacial score (nSPS) is 10.8. The fraction of sp³-hybridized carbons (Fsp3) is 0.133. The Balaban J connectivity index is 2.53. The minimum absolute atomic E-state index is 0.237. The molecule has 0 aliphatic carbocycles. The van der Waals surface area contributed by atoms with Crippen LogP contribution in [-0.2, 0) is 4.84 Å². The molecule has 0 spiro atoms. The molecule has 0 fully saturated rings. The van der Waals surface area contributed by atoms with Crippen molar-refractivity contribution in [2.24, 2.45) is 5.16 Å². The molecule has 0 saturated carbocycles. The standard InChI is InChI=1S/C15H14FNO/c1-11-4-3-5-14(15(11)10-17-18-2)12-6-8-13(16)9-7-12/h3-10H,1-2H3/b17-10+. The Labute approximate surface area is 106 Å². The van der Waals surface area contributed by atoms with Gasteiger partial charge in [0, 0.05) is 5.56 Å². The highest BCUT2D eigenvalue weighted by molar-refractivity contribution is 5.91. The highest BCUT2D eigenvalue weighted by Gasteiger charge is 2.06. The molecule has 2 aromatic rings. The van der Waals surface area contributed by atoms with Gasteiger partial charge in [0.2, 0.25) is 0 Å². The van der Waals surface area contributed by atoms with Crippen LogP contribution in [0.2, 0.25) is 0 Å². The highest BCUT2D eigenvalue weighted by Crippen LogP contribution is 2.25. The molecule has 2 aromatic carbocycles. The zero-order valence-electron chi connectivity index (χ0n) is 10.4. The van der Waals surface area contributed by atoms with Crippen LogP contribution in [0.1, 0.15) is 11.1 Å². The Kier molecular flexibility index (Phi) is 3.72. The van der Waals surface area contributed by atoms with Gasteiger partial charge in [-0.05, 0) is 35.7 Å². The first-order valence-corrected chi connectivity index (χ1v) is 5.64. The van der Waals surface area contributed by atoms with Gasteiger partial charge in [0.15, 0.2) is 0 Å². The molecule has 0 saturated heterocycles. The third-order valence-corrected chi connectivity index (χ3v) is 2.77. The van der Waals surface area contributed by atoms with Gasteiger partial charge < -0.3 is 4.84 Å². The Morgan fingerprint density at radius 1 is 1.11 bits per heavy atom. The molecule has 0 N–H and O–H groups in total. The van der Waals surface area contributed by atoms with Crippen LogP contribution in [0.3, 0.4) is 0 Å². The van der Waals surface area contributed by atoms with E-state index in [1.165, 1.54) is 19.2 Å². The zero-order valence-corrected chi connectivity index (χ0v) is 10.4. The van der Waals surface area contributed by atoms with Gasteiger partial charge in [-0.2, -0.15) is 0 Å². The van der Waals surface area contributed by atoms with Gasteiger partial charge in [-0.3, -0.25) is 0 Å². The van der Waals surface area contributed by atoms with E-state index in [4.69, 9.17) is 4.84 Å². The van der Waals surface area contributed by atoms with E-state index in [0.29, 0.717) is 0 Å². The van der Waals surface area contributed by atoms with Crippen LogP contribution in [0.4, 0.5) is 4.39 Å². The first-order valence-electron chi connectivity index (χ1n) is 5.64. The monoisotopic (exact) mass is 243 g/mol. The summed E-state index contributed by atoms with van der Waals surface area (Å²) in [6.45, 7) is 2.00. The molecule has 0 aliphatic rings. The van der Waals surface area contributed by atoms with E-state index in [9.17, 15) is 4.39 Å². The highest BCUT2D eigenvalue weighted by atomic mass is 19.1. The lowest BCUT2D eigenvalue weighted by molar-refractivity contribution is 0.215. The zero-order chi connectivity index (χ0) is 13.0. The lowest BCUT2D eigenvalue weighted by atomic mass is 9.97. The van der Waals surface area contributed by atoms with E-state index in [1.54, 1.807) is 18.3 Å². The van der Waals surface area contributed by atoms with Crippen molar-refractivity contribution in [1.29, 1.82) is 0 Å². The topological polar surface area (TPSA) is 21.6 Å². The number of nitrogens with zero attached hydrogens (tertiary/aromatic N) is 1. The first-order chi connectivity index (χ1) is 8.72. The Morgan fingerprint density at radius 3 is 2.50 bits per heavy atom. The maximum atomic E-state index is 12.9. The fourth-order valence-corrected chi connectivity index (χ4v) is 1.84. The number of hydrogen-bond donors (Lipinski definition) is 0. The van der Waals surface area contributed by atoms with Crippen LogP contribution in [-0.4, -0.2) is 13.3 Å². The van der Waals surface area contributed by atoms with Crippen LogP contribution >= 0.6 is 0 Å². The minimum atomic E-state index is -0.237. The van der Waals surface area contributed by atoms with Crippen molar-refractivity contribution >= 4 is 6.21 Å². The molecule has 2 rings (SSSR count). The number of oxime groups is 1. The summed E-state index contributed by atoms with van der Waals surface area (Å²) in [5.41, 5.74) is 4.04. The molecule has 0 bridgehead atoms. The maximum Gasteiger partial charge on any atom is 0.123 e. The Morgan fingerprint density at radius 2 is 1.83 bits per heavy atom. The van der Waals surface area contributed by atoms with Crippen molar-refractivity contribution in [1.82, 2.24) is 0 Å². The molecule has 3 heteroatoms. The average Bonchev–Trinajstić information content (AvgIpc) is 2.38. The Hall–Kier alpha value is -2.16. The molecule has 0 amide bonds. The van der Waals surface area contributed by atoms with E-state index in [-0.39, 0.29) is 5.82 Å². The van der Waals surface area contributed by atoms with Crippen LogP contribution < -0.4 is 0 Å². The summed E-state index contributed by atoms with van der Waals surface area (Å²) in [6.07, 6.45) is 1.67. The second-order valence-corrected chi connectivity index (χ2v) is 3.96. The van der Waals surface area contributed by atoms with Gasteiger partial charge in [0.1, 0.15) is 12.9 Å². The number of aryl methyl sites for hydroxylation is 1. The van der Waals surface area contributed by atoms with E-state index >= 15 is 0 Å². The molecule has 0 heterocycles. The first kappa shape index (κ1) is 12.3. The van der Waals surface area contributed by atoms with Crippen LogP contribution in [0.25, 0.3) is 11.1 Å². The van der Waals surface area contributed by atoms with Gasteiger partial charge in [-0.15, -0.1) is 0 Å². The summed E-state index contributed by atoms with van der Waals surface area (Å²) < 4.78 is 12.9. The van der Waals surface area contributed by atoms with Gasteiger partial charge in [-0.25, -0.2) is 4.39 Å². The van der Waals surface area contributed by atoms with Crippen molar-refractivity contribution < 1.29 is 9.23 Å². The second-order valence-electron chi connectivity index (χ2n) is 3.96. The summed E-state index contributed by atoms with van der Waals surface area (Å²) in [5, 5.41) is 3.81. The van der Waals surface area contributed by atoms with Crippen LogP contribution in [0, 0.1) is 12.7 Å². The Bertz CT molecular complexity index is 561. The molecular weight excluding hydrogens is 229 g/mol. The number of rotatable bonds is 3. The average molecular weight is 243 g/mol. The van der Waals surface area contributed by atoms with Gasteiger partial charge >= 0.3 is 0 Å². The van der Waals surface area contributed by atoms with Gasteiger partial charge in [-0.1, -0.05) is 35.5 Å². The molecule has 92 valence electrons. The molecular formula is C15H14FNO. The fourth-order valence-electron chi connectivity index (χ4n) is 1.84. The van der Waals surface area contributed by atoms with Crippen molar-refractivity contribution in [3.05, 3.63) is 59.4 Å². The van der Waals surface area contributed by atoms with E-state index in [0.717, 1.165) is 22.3 Å². The molecule has 18 heavy (non-hydrogen) atoms. The molecule has 0 unspecified atom stereocenters. The second kappa shape index (κ2) is 5.45. The minimum Gasteiger partial charge on any atom is -0.399 e. The summed E-state index contributed by atoms with van der Waals surface area (Å²) in [7, 11) is 1.51. The van der Waals surface area contributed by atoms with E-state index in [2.05, 4.69) is 5.16 Å². The smallest absolute Gasteiger partial charge is 0.123 e. The molecule has 0 radical (unpaired) electrons. The summed E-state index contributed by atoms with van der Waals surface area (Å²) in [6, 6.07) is 12.4. The molecule has 0 aromatic heterocycles. The number of benzene rings is 2. The third kappa shape index (κ3) is 2.56. The maximum absolute atomic E-state index is 12.9. The lowest BCUT2D eigenvalue weighted by Gasteiger charge is -2.08. The molecule has 2 nitrogen and oxygen atoms in total. The predicted molar refractivity (Wildman–Crippen MR) is 71.2 cm³/mol. The van der Waals surface area contributed by atoms with Crippen molar-refractivity contribution in [2.75, 3.05) is 7.11 Å². The number of hydrogen-bond acceptors (Lipinski definition) is 2. The number of halogens is 1. The van der Waals surface area contributed by atoms with Crippen molar-refractivity contribution in [3.63, 3.8) is 0 Å². The largest absolute Gasteiger partial charge is 0.399 e. The van der Waals surface area contributed by atoms with Crippen LogP contribution in [0.5, 0.6) is 0 Å². The molecule has 0 atom stereocenters. The lowest BCUT2D eigenvalue weighted by Crippen LogP contribution is -1.93. The summed E-state index contributed by atoms with van der Waals surface area (Å²) in [5.74, 6) is -0.237. The van der Waals surface area contributed by atoms with Crippen LogP contribution in [0.15, 0.2) is 47.6 Å². The predicted octanol–water partition coefficient (Wildman–Crippen LogP) is 3.78. The third-order valence-electron chi connectivity index (χ3n) is 2.77. The summed E-state index contributed by atoms with van der Waals surface area (Å²) >= 11 is 0. The van der Waals surface area contributed by atoms with Gasteiger partial charge in [0.05, 0.1) is 6.21 Å².